The average molecular weight is 268 g/mol. The van der Waals surface area contributed by atoms with E-state index in [2.05, 4.69) is 12.2 Å². The Morgan fingerprint density at radius 1 is 1.33 bits per heavy atom. The van der Waals surface area contributed by atoms with E-state index in [0.29, 0.717) is 11.6 Å². The Morgan fingerprint density at radius 3 is 2.94 bits per heavy atom. The maximum atomic E-state index is 5.47. The van der Waals surface area contributed by atoms with E-state index in [1.54, 1.807) is 0 Å². The first-order chi connectivity index (χ1) is 8.76. The van der Waals surface area contributed by atoms with E-state index < -0.39 is 0 Å². The van der Waals surface area contributed by atoms with Crippen LogP contribution in [0, 0.1) is 5.92 Å². The fourth-order valence-corrected chi connectivity index (χ4v) is 4.58. The van der Waals surface area contributed by atoms with Crippen LogP contribution in [0.3, 0.4) is 0 Å². The number of rotatable bonds is 1. The lowest BCUT2D eigenvalue weighted by Crippen LogP contribution is -2.48. The molecule has 1 saturated carbocycles. The van der Waals surface area contributed by atoms with Crippen LogP contribution in [-0.2, 0) is 4.74 Å². The fraction of sp³-hybridized carbons (Fsp3) is 0.929. The quantitative estimate of drug-likeness (QED) is 0.794. The number of amidine groups is 1. The van der Waals surface area contributed by atoms with Crippen LogP contribution < -0.4 is 5.32 Å². The smallest absolute Gasteiger partial charge is 0.157 e. The van der Waals surface area contributed by atoms with Gasteiger partial charge in [0, 0.05) is 19.0 Å². The van der Waals surface area contributed by atoms with Gasteiger partial charge in [0.2, 0.25) is 0 Å². The molecule has 0 aromatic carbocycles. The van der Waals surface area contributed by atoms with E-state index in [9.17, 15) is 0 Å². The van der Waals surface area contributed by atoms with E-state index in [1.807, 2.05) is 11.8 Å². The summed E-state index contributed by atoms with van der Waals surface area (Å²) in [6.45, 7) is 4.17. The molecular formula is C14H24N2OS. The SMILES string of the molecule is CC1CCCC(N=C2NC3(CCOCC3)CS2)C1. The first-order valence-electron chi connectivity index (χ1n) is 7.32. The third-order valence-corrected chi connectivity index (χ3v) is 5.69. The van der Waals surface area contributed by atoms with E-state index in [0.717, 1.165) is 32.0 Å². The summed E-state index contributed by atoms with van der Waals surface area (Å²) in [5, 5.41) is 4.91. The number of nitrogens with zero attached hydrogens (tertiary/aromatic N) is 1. The van der Waals surface area contributed by atoms with Crippen molar-refractivity contribution in [3.8, 4) is 0 Å². The number of ether oxygens (including phenoxy) is 1. The highest BCUT2D eigenvalue weighted by Gasteiger charge is 2.38. The molecule has 0 aromatic heterocycles. The van der Waals surface area contributed by atoms with Gasteiger partial charge in [-0.15, -0.1) is 0 Å². The molecule has 2 heterocycles. The van der Waals surface area contributed by atoms with E-state index in [4.69, 9.17) is 9.73 Å². The summed E-state index contributed by atoms with van der Waals surface area (Å²) in [7, 11) is 0. The van der Waals surface area contributed by atoms with Gasteiger partial charge < -0.3 is 10.1 Å². The first kappa shape index (κ1) is 12.8. The van der Waals surface area contributed by atoms with Crippen molar-refractivity contribution in [2.24, 2.45) is 10.9 Å². The van der Waals surface area contributed by atoms with Crippen molar-refractivity contribution in [2.75, 3.05) is 19.0 Å². The number of nitrogens with one attached hydrogen (secondary N) is 1. The van der Waals surface area contributed by atoms with Crippen molar-refractivity contribution in [2.45, 2.75) is 57.0 Å². The van der Waals surface area contributed by atoms with E-state index in [1.165, 1.54) is 36.6 Å². The third kappa shape index (κ3) is 2.85. The molecule has 0 amide bonds. The van der Waals surface area contributed by atoms with Crippen LogP contribution in [0.1, 0.15) is 45.4 Å². The zero-order valence-corrected chi connectivity index (χ0v) is 12.1. The molecule has 0 radical (unpaired) electrons. The molecule has 1 N–H and O–H groups in total. The fourth-order valence-electron chi connectivity index (χ4n) is 3.29. The highest BCUT2D eigenvalue weighted by Crippen LogP contribution is 2.33. The highest BCUT2D eigenvalue weighted by atomic mass is 32.2. The molecule has 3 rings (SSSR count). The van der Waals surface area contributed by atoms with Crippen molar-refractivity contribution in [3.63, 3.8) is 0 Å². The minimum atomic E-state index is 0.294. The number of thioether (sulfide) groups is 1. The zero-order valence-electron chi connectivity index (χ0n) is 11.3. The molecule has 2 aliphatic heterocycles. The molecule has 3 fully saturated rings. The van der Waals surface area contributed by atoms with Crippen molar-refractivity contribution in [1.29, 1.82) is 0 Å². The van der Waals surface area contributed by atoms with Crippen molar-refractivity contribution >= 4 is 16.9 Å². The number of aliphatic imine (C=N–C) groups is 1. The molecule has 102 valence electrons. The van der Waals surface area contributed by atoms with Crippen LogP contribution in [0.25, 0.3) is 0 Å². The normalized spacial score (nSPS) is 37.9. The number of hydrogen-bond acceptors (Lipinski definition) is 3. The lowest BCUT2D eigenvalue weighted by molar-refractivity contribution is 0.0555. The average Bonchev–Trinajstić information content (AvgIpc) is 2.73. The molecule has 3 aliphatic rings. The van der Waals surface area contributed by atoms with Gasteiger partial charge in [0.25, 0.3) is 0 Å². The lowest BCUT2D eigenvalue weighted by atomic mass is 9.87. The molecule has 1 spiro atoms. The molecular weight excluding hydrogens is 244 g/mol. The van der Waals surface area contributed by atoms with Gasteiger partial charge in [0.1, 0.15) is 0 Å². The van der Waals surface area contributed by atoms with Crippen LogP contribution in [0.5, 0.6) is 0 Å². The Kier molecular flexibility index (Phi) is 3.85. The molecule has 2 saturated heterocycles. The summed E-state index contributed by atoms with van der Waals surface area (Å²) in [6, 6.07) is 0.568. The summed E-state index contributed by atoms with van der Waals surface area (Å²) in [5.41, 5.74) is 0.294. The monoisotopic (exact) mass is 268 g/mol. The van der Waals surface area contributed by atoms with Crippen LogP contribution in [0.4, 0.5) is 0 Å². The Hall–Kier alpha value is -0.220. The summed E-state index contributed by atoms with van der Waals surface area (Å²) in [5.74, 6) is 2.04. The Bertz CT molecular complexity index is 326. The molecule has 0 aromatic rings. The topological polar surface area (TPSA) is 33.6 Å². The maximum absolute atomic E-state index is 5.47. The molecule has 0 bridgehead atoms. The Balaban J connectivity index is 1.60. The maximum Gasteiger partial charge on any atom is 0.157 e. The van der Waals surface area contributed by atoms with Crippen molar-refractivity contribution in [1.82, 2.24) is 5.32 Å². The number of hydrogen-bond donors (Lipinski definition) is 1. The van der Waals surface area contributed by atoms with E-state index in [-0.39, 0.29) is 0 Å². The van der Waals surface area contributed by atoms with Gasteiger partial charge in [0.05, 0.1) is 11.6 Å². The van der Waals surface area contributed by atoms with Crippen LogP contribution >= 0.6 is 11.8 Å². The van der Waals surface area contributed by atoms with Gasteiger partial charge in [-0.3, -0.25) is 4.99 Å². The molecule has 2 unspecified atom stereocenters. The Labute approximate surface area is 114 Å². The molecule has 2 atom stereocenters. The second kappa shape index (κ2) is 5.41. The largest absolute Gasteiger partial charge is 0.381 e. The Morgan fingerprint density at radius 2 is 2.17 bits per heavy atom. The van der Waals surface area contributed by atoms with Crippen molar-refractivity contribution < 1.29 is 4.74 Å². The van der Waals surface area contributed by atoms with Gasteiger partial charge >= 0.3 is 0 Å². The summed E-state index contributed by atoms with van der Waals surface area (Å²) in [6.07, 6.45) is 7.59. The summed E-state index contributed by atoms with van der Waals surface area (Å²) < 4.78 is 5.47. The molecule has 3 nitrogen and oxygen atoms in total. The second-order valence-electron chi connectivity index (χ2n) is 6.17. The van der Waals surface area contributed by atoms with Gasteiger partial charge in [-0.05, 0) is 31.6 Å². The predicted molar refractivity (Wildman–Crippen MR) is 77.2 cm³/mol. The third-order valence-electron chi connectivity index (χ3n) is 4.52. The summed E-state index contributed by atoms with van der Waals surface area (Å²) in [4.78, 5) is 4.96. The zero-order chi connectivity index (χ0) is 12.4. The van der Waals surface area contributed by atoms with Gasteiger partial charge in [0.15, 0.2) is 5.17 Å². The van der Waals surface area contributed by atoms with Gasteiger partial charge in [-0.1, -0.05) is 31.5 Å². The van der Waals surface area contributed by atoms with Gasteiger partial charge in [-0.2, -0.15) is 0 Å². The van der Waals surface area contributed by atoms with E-state index >= 15 is 0 Å². The molecule has 18 heavy (non-hydrogen) atoms. The van der Waals surface area contributed by atoms with Crippen LogP contribution in [0.15, 0.2) is 4.99 Å². The minimum absolute atomic E-state index is 0.294. The standard InChI is InChI=1S/C14H24N2OS/c1-11-3-2-4-12(9-11)15-13-16-14(10-18-13)5-7-17-8-6-14/h11-12H,2-10H2,1H3,(H,15,16). The minimum Gasteiger partial charge on any atom is -0.381 e. The second-order valence-corrected chi connectivity index (χ2v) is 7.13. The lowest BCUT2D eigenvalue weighted by Gasteiger charge is -2.32. The van der Waals surface area contributed by atoms with Crippen LogP contribution in [-0.4, -0.2) is 35.7 Å². The van der Waals surface area contributed by atoms with Gasteiger partial charge in [-0.25, -0.2) is 0 Å². The molecule has 1 aliphatic carbocycles. The summed E-state index contributed by atoms with van der Waals surface area (Å²) >= 11 is 1.93. The van der Waals surface area contributed by atoms with Crippen molar-refractivity contribution in [3.05, 3.63) is 0 Å². The highest BCUT2D eigenvalue weighted by molar-refractivity contribution is 8.14. The predicted octanol–water partition coefficient (Wildman–Crippen LogP) is 2.81. The first-order valence-corrected chi connectivity index (χ1v) is 8.31. The van der Waals surface area contributed by atoms with Crippen LogP contribution in [0.2, 0.25) is 0 Å². The molecule has 4 heteroatoms.